The molecule has 4 aromatic rings. The first-order valence-electron chi connectivity index (χ1n) is 10.8. The SMILES string of the molecule is FC(F)c1nnc(-c2ccc(Cn3cc(-c4cccc(N5C[C@@H]6C[C@H]5CN6)c4)nn3)cc2)o1. The molecule has 2 atom stereocenters. The van der Waals surface area contributed by atoms with Gasteiger partial charge in [0.15, 0.2) is 0 Å². The van der Waals surface area contributed by atoms with E-state index in [2.05, 4.69) is 55.0 Å². The van der Waals surface area contributed by atoms with Crippen molar-refractivity contribution in [2.24, 2.45) is 0 Å². The molecule has 0 saturated carbocycles. The van der Waals surface area contributed by atoms with Crippen LogP contribution in [0.4, 0.5) is 14.5 Å². The van der Waals surface area contributed by atoms with Crippen molar-refractivity contribution < 1.29 is 13.2 Å². The second kappa shape index (κ2) is 8.04. The van der Waals surface area contributed by atoms with E-state index in [0.717, 1.165) is 29.9 Å². The van der Waals surface area contributed by atoms with Crippen LogP contribution in [0.3, 0.4) is 0 Å². The molecule has 2 bridgehead atoms. The number of benzene rings is 2. The second-order valence-corrected chi connectivity index (χ2v) is 8.44. The molecular weight excluding hydrogens is 428 g/mol. The Bertz CT molecular complexity index is 1270. The van der Waals surface area contributed by atoms with Gasteiger partial charge in [-0.1, -0.05) is 29.5 Å². The number of piperazine rings is 1. The molecule has 4 heterocycles. The largest absolute Gasteiger partial charge is 0.415 e. The molecule has 2 aromatic heterocycles. The second-order valence-electron chi connectivity index (χ2n) is 8.44. The van der Waals surface area contributed by atoms with Crippen molar-refractivity contribution in [2.45, 2.75) is 31.5 Å². The fourth-order valence-corrected chi connectivity index (χ4v) is 4.61. The topological polar surface area (TPSA) is 84.9 Å². The molecule has 0 spiro atoms. The van der Waals surface area contributed by atoms with Crippen molar-refractivity contribution in [3.63, 3.8) is 0 Å². The Labute approximate surface area is 188 Å². The molecule has 10 heteroatoms. The molecule has 2 aliphatic rings. The van der Waals surface area contributed by atoms with Crippen LogP contribution < -0.4 is 10.2 Å². The molecule has 2 saturated heterocycles. The molecule has 6 rings (SSSR count). The third kappa shape index (κ3) is 3.86. The minimum Gasteiger partial charge on any atom is -0.415 e. The number of hydrogen-bond donors (Lipinski definition) is 1. The summed E-state index contributed by atoms with van der Waals surface area (Å²) in [5.74, 6) is -0.607. The number of fused-ring (bicyclic) bond motifs is 2. The lowest BCUT2D eigenvalue weighted by Crippen LogP contribution is -2.43. The maximum Gasteiger partial charge on any atom is 0.314 e. The highest BCUT2D eigenvalue weighted by molar-refractivity contribution is 5.65. The number of nitrogens with zero attached hydrogens (tertiary/aromatic N) is 6. The molecule has 2 aromatic carbocycles. The van der Waals surface area contributed by atoms with E-state index in [0.29, 0.717) is 24.2 Å². The van der Waals surface area contributed by atoms with Gasteiger partial charge in [-0.05, 0) is 36.2 Å². The van der Waals surface area contributed by atoms with Gasteiger partial charge in [-0.25, -0.2) is 4.68 Å². The van der Waals surface area contributed by atoms with E-state index in [1.165, 1.54) is 12.1 Å². The zero-order chi connectivity index (χ0) is 22.4. The maximum atomic E-state index is 12.6. The van der Waals surface area contributed by atoms with Gasteiger partial charge in [0.2, 0.25) is 5.89 Å². The molecule has 2 aliphatic heterocycles. The lowest BCUT2D eigenvalue weighted by Gasteiger charge is -2.29. The molecule has 1 N–H and O–H groups in total. The Kier molecular flexibility index (Phi) is 4.87. The molecule has 0 unspecified atom stereocenters. The lowest BCUT2D eigenvalue weighted by atomic mass is 10.1. The first-order chi connectivity index (χ1) is 16.1. The number of halogens is 2. The number of nitrogens with one attached hydrogen (secondary N) is 1. The van der Waals surface area contributed by atoms with Gasteiger partial charge in [0, 0.05) is 42.0 Å². The van der Waals surface area contributed by atoms with Crippen molar-refractivity contribution in [3.05, 3.63) is 66.2 Å². The molecule has 0 radical (unpaired) electrons. The number of aromatic nitrogens is 5. The third-order valence-corrected chi connectivity index (χ3v) is 6.24. The molecular formula is C23H21F2N7O. The van der Waals surface area contributed by atoms with Crippen LogP contribution in [0.2, 0.25) is 0 Å². The van der Waals surface area contributed by atoms with E-state index in [1.54, 1.807) is 16.8 Å². The highest BCUT2D eigenvalue weighted by Crippen LogP contribution is 2.31. The van der Waals surface area contributed by atoms with E-state index in [1.807, 2.05) is 18.3 Å². The van der Waals surface area contributed by atoms with Crippen LogP contribution >= 0.6 is 0 Å². The summed E-state index contributed by atoms with van der Waals surface area (Å²) < 4.78 is 32.1. The van der Waals surface area contributed by atoms with E-state index < -0.39 is 12.3 Å². The van der Waals surface area contributed by atoms with Gasteiger partial charge in [-0.2, -0.15) is 8.78 Å². The summed E-state index contributed by atoms with van der Waals surface area (Å²) in [6.45, 7) is 2.62. The lowest BCUT2D eigenvalue weighted by molar-refractivity contribution is 0.116. The zero-order valence-corrected chi connectivity index (χ0v) is 17.6. The van der Waals surface area contributed by atoms with Gasteiger partial charge in [-0.3, -0.25) is 0 Å². The van der Waals surface area contributed by atoms with Crippen molar-refractivity contribution in [1.82, 2.24) is 30.5 Å². The van der Waals surface area contributed by atoms with E-state index in [9.17, 15) is 8.78 Å². The van der Waals surface area contributed by atoms with Crippen LogP contribution in [-0.4, -0.2) is 50.4 Å². The number of anilines is 1. The summed E-state index contributed by atoms with van der Waals surface area (Å²) in [6, 6.07) is 16.9. The number of hydrogen-bond acceptors (Lipinski definition) is 7. The summed E-state index contributed by atoms with van der Waals surface area (Å²) in [5, 5.41) is 19.2. The van der Waals surface area contributed by atoms with Crippen LogP contribution in [0.5, 0.6) is 0 Å². The molecule has 33 heavy (non-hydrogen) atoms. The van der Waals surface area contributed by atoms with Crippen LogP contribution in [0, 0.1) is 0 Å². The summed E-state index contributed by atoms with van der Waals surface area (Å²) in [6.07, 6.45) is 0.353. The van der Waals surface area contributed by atoms with Crippen LogP contribution in [0.25, 0.3) is 22.7 Å². The smallest absolute Gasteiger partial charge is 0.314 e. The van der Waals surface area contributed by atoms with Crippen molar-refractivity contribution >= 4 is 5.69 Å². The van der Waals surface area contributed by atoms with E-state index >= 15 is 0 Å². The van der Waals surface area contributed by atoms with Crippen LogP contribution in [-0.2, 0) is 6.54 Å². The molecule has 168 valence electrons. The average molecular weight is 449 g/mol. The van der Waals surface area contributed by atoms with Gasteiger partial charge < -0.3 is 14.6 Å². The first kappa shape index (κ1) is 20.0. The van der Waals surface area contributed by atoms with Crippen molar-refractivity contribution in [1.29, 1.82) is 0 Å². The minimum absolute atomic E-state index is 0.0711. The third-order valence-electron chi connectivity index (χ3n) is 6.24. The van der Waals surface area contributed by atoms with Gasteiger partial charge in [0.25, 0.3) is 5.89 Å². The number of rotatable bonds is 6. The summed E-state index contributed by atoms with van der Waals surface area (Å²) in [7, 11) is 0. The predicted molar refractivity (Wildman–Crippen MR) is 117 cm³/mol. The molecule has 0 aliphatic carbocycles. The molecule has 2 fully saturated rings. The number of alkyl halides is 2. The van der Waals surface area contributed by atoms with Gasteiger partial charge in [0.05, 0.1) is 12.7 Å². The Balaban J connectivity index is 1.16. The Morgan fingerprint density at radius 3 is 2.67 bits per heavy atom. The van der Waals surface area contributed by atoms with Crippen molar-refractivity contribution in [3.8, 4) is 22.7 Å². The monoisotopic (exact) mass is 449 g/mol. The summed E-state index contributed by atoms with van der Waals surface area (Å²) >= 11 is 0. The zero-order valence-electron chi connectivity index (χ0n) is 17.6. The Morgan fingerprint density at radius 1 is 1.06 bits per heavy atom. The molecule has 0 amide bonds. The molecule has 8 nitrogen and oxygen atoms in total. The average Bonchev–Trinajstić information content (AvgIpc) is 3.64. The summed E-state index contributed by atoms with van der Waals surface area (Å²) in [4.78, 5) is 2.48. The van der Waals surface area contributed by atoms with Gasteiger partial charge >= 0.3 is 6.43 Å². The normalized spacial score (nSPS) is 19.7. The summed E-state index contributed by atoms with van der Waals surface area (Å²) in [5.41, 5.74) is 4.65. The Morgan fingerprint density at radius 2 is 1.94 bits per heavy atom. The highest BCUT2D eigenvalue weighted by Gasteiger charge is 2.37. The Hall–Kier alpha value is -3.66. The fourth-order valence-electron chi connectivity index (χ4n) is 4.61. The quantitative estimate of drug-likeness (QED) is 0.482. The van der Waals surface area contributed by atoms with Gasteiger partial charge in [0.1, 0.15) is 5.69 Å². The minimum atomic E-state index is -2.78. The fraction of sp³-hybridized carbons (Fsp3) is 0.304. The predicted octanol–water partition coefficient (Wildman–Crippen LogP) is 3.53. The maximum absolute atomic E-state index is 12.6. The first-order valence-corrected chi connectivity index (χ1v) is 10.8. The van der Waals surface area contributed by atoms with Crippen LogP contribution in [0.1, 0.15) is 24.3 Å². The van der Waals surface area contributed by atoms with Crippen LogP contribution in [0.15, 0.2) is 59.1 Å². The van der Waals surface area contributed by atoms with E-state index in [-0.39, 0.29) is 5.89 Å². The highest BCUT2D eigenvalue weighted by atomic mass is 19.3. The van der Waals surface area contributed by atoms with Crippen molar-refractivity contribution in [2.75, 3.05) is 18.0 Å². The standard InChI is InChI=1S/C23H21F2N7O/c24-21(25)23-29-28-22(33-23)15-6-4-14(5-7-15)11-31-13-20(27-30-31)16-2-1-3-18(8-16)32-12-17-9-19(32)10-26-17/h1-8,13,17,19,21,26H,9-12H2/t17-,19-/m0/s1. The van der Waals surface area contributed by atoms with E-state index in [4.69, 9.17) is 4.42 Å². The van der Waals surface area contributed by atoms with Gasteiger partial charge in [-0.15, -0.1) is 15.3 Å².